The van der Waals surface area contributed by atoms with E-state index in [1.807, 2.05) is 0 Å². The van der Waals surface area contributed by atoms with Crippen molar-refractivity contribution >= 4 is 28.6 Å². The second-order valence-corrected chi connectivity index (χ2v) is 12.3. The molecule has 0 heterocycles. The van der Waals surface area contributed by atoms with Crippen LogP contribution in [-0.4, -0.2) is 3.81 Å². The third-order valence-electron chi connectivity index (χ3n) is 4.96. The van der Waals surface area contributed by atoms with Crippen LogP contribution in [0, 0.1) is 6.92 Å². The van der Waals surface area contributed by atoms with Gasteiger partial charge in [0.15, 0.2) is 0 Å². The maximum atomic E-state index is 6.69. The molecule has 0 amide bonds. The first-order valence-corrected chi connectivity index (χ1v) is 11.0. The Morgan fingerprint density at radius 3 is 1.92 bits per heavy atom. The Hall–Kier alpha value is -0.336. The molecule has 4 heteroatoms. The molecule has 1 aromatic carbocycles. The molecule has 26 heavy (non-hydrogen) atoms. The number of hydrogen-bond acceptors (Lipinski definition) is 1. The third-order valence-corrected chi connectivity index (χ3v) is 8.79. The van der Waals surface area contributed by atoms with Crippen LogP contribution in [0.3, 0.4) is 0 Å². The van der Waals surface area contributed by atoms with Crippen LogP contribution in [0.25, 0.3) is 0 Å². The van der Waals surface area contributed by atoms with Crippen LogP contribution >= 0.6 is 24.8 Å². The van der Waals surface area contributed by atoms with Gasteiger partial charge in [0.25, 0.3) is 0 Å². The van der Waals surface area contributed by atoms with Gasteiger partial charge in [-0.15, -0.1) is 24.8 Å². The van der Waals surface area contributed by atoms with Crippen LogP contribution in [0.2, 0.25) is 0 Å². The van der Waals surface area contributed by atoms with Crippen molar-refractivity contribution in [1.29, 1.82) is 0 Å². The summed E-state index contributed by atoms with van der Waals surface area (Å²) in [4.78, 5) is 0. The van der Waals surface area contributed by atoms with E-state index in [1.54, 1.807) is 3.88 Å². The van der Waals surface area contributed by atoms with Gasteiger partial charge in [-0.3, -0.25) is 0 Å². The zero-order valence-corrected chi connectivity index (χ0v) is 20.9. The molecule has 0 radical (unpaired) electrons. The van der Waals surface area contributed by atoms with E-state index in [4.69, 9.17) is 3.32 Å². The first-order valence-electron chi connectivity index (χ1n) is 8.85. The van der Waals surface area contributed by atoms with Gasteiger partial charge in [-0.25, -0.2) is 0 Å². The molecule has 1 aliphatic rings. The maximum absolute atomic E-state index is 6.69. The molecule has 0 unspecified atom stereocenters. The molecule has 0 saturated heterocycles. The summed E-state index contributed by atoms with van der Waals surface area (Å²) < 4.78 is 9.75. The molecule has 0 bridgehead atoms. The smallest absolute Gasteiger partial charge is 0.147 e. The van der Waals surface area contributed by atoms with E-state index in [9.17, 15) is 0 Å². The Kier molecular flexibility index (Phi) is 9.61. The summed E-state index contributed by atoms with van der Waals surface area (Å²) in [6, 6.07) is 6.73. The van der Waals surface area contributed by atoms with Gasteiger partial charge < -0.3 is 0 Å². The number of aryl methyl sites for hydroxylation is 1. The minimum Gasteiger partial charge on any atom is -0.147 e. The van der Waals surface area contributed by atoms with Crippen LogP contribution in [0.5, 0.6) is 5.75 Å². The monoisotopic (exact) mass is 432 g/mol. The van der Waals surface area contributed by atoms with E-state index in [1.165, 1.54) is 31.7 Å². The zero-order valence-electron chi connectivity index (χ0n) is 17.7. The Morgan fingerprint density at radius 1 is 0.923 bits per heavy atom. The van der Waals surface area contributed by atoms with E-state index in [0.29, 0.717) is 0 Å². The van der Waals surface area contributed by atoms with Crippen LogP contribution in [0.4, 0.5) is 0 Å². The van der Waals surface area contributed by atoms with Gasteiger partial charge in [0, 0.05) is 0 Å². The van der Waals surface area contributed by atoms with Gasteiger partial charge >= 0.3 is 155 Å². The molecule has 0 aliphatic heterocycles. The molecule has 0 spiro atoms. The summed E-state index contributed by atoms with van der Waals surface area (Å²) in [7, 11) is 0. The van der Waals surface area contributed by atoms with E-state index in [2.05, 4.69) is 80.5 Å². The maximum Gasteiger partial charge on any atom is -0.147 e. The second kappa shape index (κ2) is 9.74. The Balaban J connectivity index is 0.00000312. The van der Waals surface area contributed by atoms with Crippen LogP contribution < -0.4 is 3.32 Å². The summed E-state index contributed by atoms with van der Waals surface area (Å²) in [5.41, 5.74) is 7.24. The number of benzene rings is 1. The van der Waals surface area contributed by atoms with Crippen molar-refractivity contribution in [2.75, 3.05) is 0 Å². The van der Waals surface area contributed by atoms with Gasteiger partial charge in [-0.2, -0.15) is 0 Å². The standard InChI is InChI=1S/C11H16O.C8H11.C3H6.2ClH.Ti/c1-8-5-9(11(2,3)4)7-10(12)6-8;1-6-4-5-7(2)8(6)3;1-3-2;;;/h5-7,12H,1-4H3;4H2,1-3H3;1-2H3;2*1H;/q;;;;;+1/p-1. The largest absolute Gasteiger partial charge is 0.147 e. The van der Waals surface area contributed by atoms with Gasteiger partial charge in [0.2, 0.25) is 0 Å². The molecule has 0 atom stereocenters. The normalized spacial score (nSPS) is 14.0. The third kappa shape index (κ3) is 5.83. The Labute approximate surface area is 178 Å². The van der Waals surface area contributed by atoms with E-state index < -0.39 is 17.8 Å². The molecule has 0 N–H and O–H groups in total. The summed E-state index contributed by atoms with van der Waals surface area (Å²) in [5, 5.41) is 0. The van der Waals surface area contributed by atoms with Crippen molar-refractivity contribution in [3.8, 4) is 5.75 Å². The fourth-order valence-corrected chi connectivity index (χ4v) is 6.65. The predicted octanol–water partition coefficient (Wildman–Crippen LogP) is 7.27. The van der Waals surface area contributed by atoms with Crippen LogP contribution in [-0.2, 0) is 23.2 Å². The van der Waals surface area contributed by atoms with Crippen LogP contribution in [0.15, 0.2) is 38.8 Å². The zero-order chi connectivity index (χ0) is 18.2. The van der Waals surface area contributed by atoms with Gasteiger partial charge in [-0.05, 0) is 0 Å². The van der Waals surface area contributed by atoms with Crippen molar-refractivity contribution in [2.45, 2.75) is 74.1 Å². The minimum absolute atomic E-state index is 0. The number of rotatable bonds is 3. The fraction of sp³-hybridized carbons (Fsp3) is 0.500. The van der Waals surface area contributed by atoms with Crippen molar-refractivity contribution in [1.82, 2.24) is 0 Å². The van der Waals surface area contributed by atoms with Crippen molar-refractivity contribution < 1.29 is 21.1 Å². The molecule has 0 fully saturated rings. The number of hydrogen-bond donors (Lipinski definition) is 0. The fourth-order valence-electron chi connectivity index (χ4n) is 3.15. The molecular weight excluding hydrogens is 399 g/mol. The van der Waals surface area contributed by atoms with Gasteiger partial charge in [0.1, 0.15) is 0 Å². The summed E-state index contributed by atoms with van der Waals surface area (Å²) >= 11 is -1.89. The molecule has 1 aromatic rings. The predicted molar refractivity (Wildman–Crippen MR) is 117 cm³/mol. The average molecular weight is 433 g/mol. The van der Waals surface area contributed by atoms with E-state index in [0.717, 1.165) is 12.2 Å². The average Bonchev–Trinajstić information content (AvgIpc) is 2.70. The molecule has 0 saturated carbocycles. The van der Waals surface area contributed by atoms with Crippen molar-refractivity contribution in [2.24, 2.45) is 0 Å². The number of allylic oxidation sites excluding steroid dienone is 4. The minimum atomic E-state index is -1.89. The molecule has 1 aliphatic carbocycles. The first-order chi connectivity index (χ1) is 11.0. The first kappa shape index (κ1) is 25.7. The molecule has 0 aromatic heterocycles. The summed E-state index contributed by atoms with van der Waals surface area (Å²) in [6.07, 6.45) is 1.11. The van der Waals surface area contributed by atoms with Crippen LogP contribution in [0.1, 0.15) is 72.9 Å². The van der Waals surface area contributed by atoms with Crippen molar-refractivity contribution in [3.63, 3.8) is 0 Å². The quantitative estimate of drug-likeness (QED) is 0.456. The van der Waals surface area contributed by atoms with Gasteiger partial charge in [0.05, 0.1) is 0 Å². The Morgan fingerprint density at radius 2 is 1.50 bits per heavy atom. The summed E-state index contributed by atoms with van der Waals surface area (Å²) in [6.45, 7) is 20.2. The van der Waals surface area contributed by atoms with Gasteiger partial charge in [-0.1, -0.05) is 0 Å². The van der Waals surface area contributed by atoms with E-state index in [-0.39, 0.29) is 30.2 Å². The molecule has 1 nitrogen and oxygen atoms in total. The van der Waals surface area contributed by atoms with Crippen molar-refractivity contribution in [3.05, 3.63) is 49.9 Å². The Bertz CT molecular complexity index is 761. The summed E-state index contributed by atoms with van der Waals surface area (Å²) in [5.74, 6) is 1.05. The topological polar surface area (TPSA) is 9.23 Å². The number of halogens is 2. The van der Waals surface area contributed by atoms with E-state index >= 15 is 0 Å². The second-order valence-electron chi connectivity index (χ2n) is 8.40. The SMILES string of the molecule is CC1=C(C)C(C)=[C]([Ti]([O]c2cc(C)cc(C(C)(C)C)c2)=[C](C)C)C1.Cl.Cl. The molecule has 146 valence electrons. The molecule has 2 rings (SSSR count). The molecular formula is C22H34Cl2OTi.